The van der Waals surface area contributed by atoms with E-state index in [1.165, 1.54) is 0 Å². The third-order valence-electron chi connectivity index (χ3n) is 4.49. The Hall–Kier alpha value is -0.980. The Morgan fingerprint density at radius 3 is 2.35 bits per heavy atom. The zero-order chi connectivity index (χ0) is 15.3. The Labute approximate surface area is 122 Å². The molecule has 1 rings (SSSR count). The molecule has 0 aromatic carbocycles. The standard InChI is InChI=1S/C14H30N6/c1-7-14(8-2,19(5)6)12(18-15)9-13-16-10-17-20(13)11(3)4/h10-12,18H,7-9,15H2,1-6H3. The Balaban J connectivity index is 3.04. The molecule has 0 spiro atoms. The van der Waals surface area contributed by atoms with Crippen LogP contribution in [0.3, 0.4) is 0 Å². The highest BCUT2D eigenvalue weighted by Crippen LogP contribution is 2.27. The molecule has 0 aliphatic rings. The number of nitrogens with two attached hydrogens (primary N) is 1. The molecule has 1 unspecified atom stereocenters. The Kier molecular flexibility index (Phi) is 6.10. The molecule has 0 aliphatic heterocycles. The Bertz CT molecular complexity index is 394. The van der Waals surface area contributed by atoms with Crippen molar-refractivity contribution in [3.05, 3.63) is 12.2 Å². The van der Waals surface area contributed by atoms with Crippen molar-refractivity contribution in [2.24, 2.45) is 5.84 Å². The van der Waals surface area contributed by atoms with Crippen LogP contribution in [-0.2, 0) is 6.42 Å². The molecule has 6 nitrogen and oxygen atoms in total. The predicted molar refractivity (Wildman–Crippen MR) is 82.2 cm³/mol. The van der Waals surface area contributed by atoms with Crippen LogP contribution in [0.1, 0.15) is 52.4 Å². The molecular weight excluding hydrogens is 252 g/mol. The second-order valence-electron chi connectivity index (χ2n) is 5.84. The van der Waals surface area contributed by atoms with Crippen LogP contribution in [-0.4, -0.2) is 45.3 Å². The molecular formula is C14H30N6. The summed E-state index contributed by atoms with van der Waals surface area (Å²) < 4.78 is 1.97. The van der Waals surface area contributed by atoms with Crippen molar-refractivity contribution in [1.29, 1.82) is 0 Å². The summed E-state index contributed by atoms with van der Waals surface area (Å²) in [6, 6.07) is 0.442. The smallest absolute Gasteiger partial charge is 0.138 e. The van der Waals surface area contributed by atoms with Crippen LogP contribution in [0, 0.1) is 0 Å². The first kappa shape index (κ1) is 17.1. The molecule has 0 fully saturated rings. The van der Waals surface area contributed by atoms with Gasteiger partial charge in [-0.2, -0.15) is 5.10 Å². The molecule has 20 heavy (non-hydrogen) atoms. The fourth-order valence-electron chi connectivity index (χ4n) is 3.13. The number of hydrazine groups is 1. The van der Waals surface area contributed by atoms with E-state index in [0.717, 1.165) is 25.1 Å². The highest BCUT2D eigenvalue weighted by molar-refractivity contribution is 5.02. The van der Waals surface area contributed by atoms with Crippen LogP contribution >= 0.6 is 0 Å². The lowest BCUT2D eigenvalue weighted by molar-refractivity contribution is 0.0866. The quantitative estimate of drug-likeness (QED) is 0.556. The van der Waals surface area contributed by atoms with Gasteiger partial charge in [-0.1, -0.05) is 13.8 Å². The van der Waals surface area contributed by atoms with Gasteiger partial charge in [-0.15, -0.1) is 0 Å². The maximum absolute atomic E-state index is 5.86. The van der Waals surface area contributed by atoms with Crippen molar-refractivity contribution in [3.63, 3.8) is 0 Å². The fraction of sp³-hybridized carbons (Fsp3) is 0.857. The summed E-state index contributed by atoms with van der Waals surface area (Å²) in [4.78, 5) is 6.68. The summed E-state index contributed by atoms with van der Waals surface area (Å²) >= 11 is 0. The fourth-order valence-corrected chi connectivity index (χ4v) is 3.13. The molecule has 0 saturated carbocycles. The van der Waals surface area contributed by atoms with Crippen molar-refractivity contribution in [3.8, 4) is 0 Å². The van der Waals surface area contributed by atoms with E-state index in [0.29, 0.717) is 6.04 Å². The first-order chi connectivity index (χ1) is 9.42. The van der Waals surface area contributed by atoms with Gasteiger partial charge < -0.3 is 4.90 Å². The van der Waals surface area contributed by atoms with E-state index in [9.17, 15) is 0 Å². The van der Waals surface area contributed by atoms with Crippen molar-refractivity contribution < 1.29 is 0 Å². The summed E-state index contributed by atoms with van der Waals surface area (Å²) in [5.74, 6) is 6.84. The van der Waals surface area contributed by atoms with Gasteiger partial charge in [0.25, 0.3) is 0 Å². The minimum Gasteiger partial charge on any atom is -0.302 e. The number of hydrogen-bond donors (Lipinski definition) is 2. The number of hydrogen-bond acceptors (Lipinski definition) is 5. The predicted octanol–water partition coefficient (Wildman–Crippen LogP) is 1.35. The van der Waals surface area contributed by atoms with Gasteiger partial charge in [0.2, 0.25) is 0 Å². The molecule has 1 aromatic rings. The van der Waals surface area contributed by atoms with Crippen LogP contribution in [0.5, 0.6) is 0 Å². The molecule has 0 aliphatic carbocycles. The van der Waals surface area contributed by atoms with Crippen molar-refractivity contribution >= 4 is 0 Å². The largest absolute Gasteiger partial charge is 0.302 e. The Morgan fingerprint density at radius 1 is 1.35 bits per heavy atom. The monoisotopic (exact) mass is 282 g/mol. The minimum atomic E-state index is 0.0164. The lowest BCUT2D eigenvalue weighted by Crippen LogP contribution is -2.61. The van der Waals surface area contributed by atoms with Crippen molar-refractivity contribution in [2.75, 3.05) is 14.1 Å². The number of nitrogens with one attached hydrogen (secondary N) is 1. The van der Waals surface area contributed by atoms with E-state index in [1.807, 2.05) is 4.68 Å². The highest BCUT2D eigenvalue weighted by Gasteiger charge is 2.38. The van der Waals surface area contributed by atoms with E-state index in [-0.39, 0.29) is 11.6 Å². The second kappa shape index (κ2) is 7.15. The van der Waals surface area contributed by atoms with Gasteiger partial charge in [0.15, 0.2) is 0 Å². The van der Waals surface area contributed by atoms with Crippen LogP contribution < -0.4 is 11.3 Å². The minimum absolute atomic E-state index is 0.0164. The maximum atomic E-state index is 5.86. The van der Waals surface area contributed by atoms with E-state index < -0.39 is 0 Å². The molecule has 1 aromatic heterocycles. The molecule has 0 bridgehead atoms. The molecule has 116 valence electrons. The molecule has 0 amide bonds. The lowest BCUT2D eigenvalue weighted by Gasteiger charge is -2.44. The first-order valence-electron chi connectivity index (χ1n) is 7.44. The maximum Gasteiger partial charge on any atom is 0.138 e. The molecule has 1 atom stereocenters. The van der Waals surface area contributed by atoms with Gasteiger partial charge in [0, 0.05) is 24.0 Å². The van der Waals surface area contributed by atoms with Crippen LogP contribution in [0.2, 0.25) is 0 Å². The van der Waals surface area contributed by atoms with Crippen LogP contribution in [0.4, 0.5) is 0 Å². The van der Waals surface area contributed by atoms with Gasteiger partial charge in [-0.05, 0) is 40.8 Å². The third kappa shape index (κ3) is 3.19. The molecule has 0 radical (unpaired) electrons. The van der Waals surface area contributed by atoms with E-state index in [1.54, 1.807) is 6.33 Å². The number of likely N-dealkylation sites (N-methyl/N-ethyl adjacent to an activating group) is 1. The third-order valence-corrected chi connectivity index (χ3v) is 4.49. The van der Waals surface area contributed by atoms with Gasteiger partial charge in [0.1, 0.15) is 12.2 Å². The summed E-state index contributed by atoms with van der Waals surface area (Å²) in [6.07, 6.45) is 4.45. The van der Waals surface area contributed by atoms with E-state index in [2.05, 4.69) is 62.2 Å². The average Bonchev–Trinajstić information content (AvgIpc) is 2.87. The van der Waals surface area contributed by atoms with Gasteiger partial charge >= 0.3 is 0 Å². The second-order valence-corrected chi connectivity index (χ2v) is 5.84. The Morgan fingerprint density at radius 2 is 1.95 bits per heavy atom. The SMILES string of the molecule is CCC(CC)(C(Cc1ncnn1C(C)C)NN)N(C)C. The van der Waals surface area contributed by atoms with Gasteiger partial charge in [0.05, 0.1) is 0 Å². The van der Waals surface area contributed by atoms with Crippen LogP contribution in [0.25, 0.3) is 0 Å². The van der Waals surface area contributed by atoms with Crippen molar-refractivity contribution in [1.82, 2.24) is 25.1 Å². The topological polar surface area (TPSA) is 72.0 Å². The average molecular weight is 282 g/mol. The number of rotatable bonds is 8. The van der Waals surface area contributed by atoms with Crippen molar-refractivity contribution in [2.45, 2.75) is 64.6 Å². The molecule has 1 heterocycles. The first-order valence-corrected chi connectivity index (χ1v) is 7.44. The lowest BCUT2D eigenvalue weighted by atomic mass is 9.81. The normalized spacial score (nSPS) is 14.2. The summed E-state index contributed by atoms with van der Waals surface area (Å²) in [5.41, 5.74) is 3.02. The summed E-state index contributed by atoms with van der Waals surface area (Å²) in [5, 5.41) is 4.30. The zero-order valence-corrected chi connectivity index (χ0v) is 13.7. The summed E-state index contributed by atoms with van der Waals surface area (Å²) in [7, 11) is 4.23. The molecule has 3 N–H and O–H groups in total. The number of nitrogens with zero attached hydrogens (tertiary/aromatic N) is 4. The zero-order valence-electron chi connectivity index (χ0n) is 13.7. The highest BCUT2D eigenvalue weighted by atomic mass is 15.4. The van der Waals surface area contributed by atoms with Gasteiger partial charge in [-0.25, -0.2) is 9.67 Å². The summed E-state index contributed by atoms with van der Waals surface area (Å²) in [6.45, 7) is 8.64. The van der Waals surface area contributed by atoms with Gasteiger partial charge in [-0.3, -0.25) is 11.3 Å². The van der Waals surface area contributed by atoms with E-state index in [4.69, 9.17) is 5.84 Å². The van der Waals surface area contributed by atoms with E-state index >= 15 is 0 Å². The molecule has 6 heteroatoms. The van der Waals surface area contributed by atoms with Crippen LogP contribution in [0.15, 0.2) is 6.33 Å². The molecule has 0 saturated heterocycles. The number of aromatic nitrogens is 3.